The molecule has 7 heteroatoms. The van der Waals surface area contributed by atoms with Gasteiger partial charge in [-0.1, -0.05) is 41.4 Å². The fourth-order valence-electron chi connectivity index (χ4n) is 3.31. The summed E-state index contributed by atoms with van der Waals surface area (Å²) in [6.07, 6.45) is 5.07. The molecule has 1 amide bonds. The molecule has 0 aromatic heterocycles. The molecule has 0 saturated carbocycles. The molecule has 5 nitrogen and oxygen atoms in total. The Morgan fingerprint density at radius 2 is 1.86 bits per heavy atom. The normalized spacial score (nSPS) is 17.6. The zero-order valence-electron chi connectivity index (χ0n) is 16.3. The molecule has 1 saturated heterocycles. The average molecular weight is 433 g/mol. The van der Waals surface area contributed by atoms with Crippen molar-refractivity contribution in [1.82, 2.24) is 9.62 Å². The summed E-state index contributed by atoms with van der Waals surface area (Å²) in [6, 6.07) is 14.0. The quantitative estimate of drug-likeness (QED) is 0.704. The van der Waals surface area contributed by atoms with E-state index in [-0.39, 0.29) is 16.7 Å². The van der Waals surface area contributed by atoms with Crippen LogP contribution in [0.25, 0.3) is 6.08 Å². The van der Waals surface area contributed by atoms with Crippen LogP contribution in [0, 0.1) is 12.8 Å². The molecule has 0 spiro atoms. The number of nitrogens with zero attached hydrogens (tertiary/aromatic N) is 1. The lowest BCUT2D eigenvalue weighted by molar-refractivity contribution is -0.127. The first-order valence-corrected chi connectivity index (χ1v) is 11.5. The molecule has 2 aromatic carbocycles. The maximum atomic E-state index is 12.5. The maximum absolute atomic E-state index is 12.5. The van der Waals surface area contributed by atoms with Gasteiger partial charge in [0.2, 0.25) is 15.9 Å². The number of aryl methyl sites for hydroxylation is 1. The zero-order valence-corrected chi connectivity index (χ0v) is 17.9. The lowest BCUT2D eigenvalue weighted by atomic mass is 9.98. The minimum atomic E-state index is -3.54. The van der Waals surface area contributed by atoms with E-state index in [9.17, 15) is 13.2 Å². The summed E-state index contributed by atoms with van der Waals surface area (Å²) >= 11 is 5.87. The molecule has 1 heterocycles. The maximum Gasteiger partial charge on any atom is 0.246 e. The van der Waals surface area contributed by atoms with E-state index in [0.29, 0.717) is 24.7 Å². The second kappa shape index (κ2) is 9.57. The molecule has 1 N–H and O–H groups in total. The van der Waals surface area contributed by atoms with Crippen molar-refractivity contribution in [3.05, 3.63) is 70.8 Å². The molecule has 1 aliphatic rings. The van der Waals surface area contributed by atoms with Gasteiger partial charge in [0.1, 0.15) is 0 Å². The minimum absolute atomic E-state index is 0.0639. The predicted molar refractivity (Wildman–Crippen MR) is 116 cm³/mol. The number of hydrogen-bond donors (Lipinski definition) is 1. The molecular weight excluding hydrogens is 408 g/mol. The summed E-state index contributed by atoms with van der Waals surface area (Å²) in [5.41, 5.74) is 1.92. The van der Waals surface area contributed by atoms with E-state index in [1.165, 1.54) is 0 Å². The Morgan fingerprint density at radius 3 is 2.55 bits per heavy atom. The minimum Gasteiger partial charge on any atom is -0.339 e. The van der Waals surface area contributed by atoms with Crippen molar-refractivity contribution < 1.29 is 13.2 Å². The van der Waals surface area contributed by atoms with Crippen LogP contribution < -0.4 is 4.72 Å². The van der Waals surface area contributed by atoms with Gasteiger partial charge in [-0.15, -0.1) is 0 Å². The number of carbonyl (C=O) groups excluding carboxylic acids is 1. The van der Waals surface area contributed by atoms with Crippen LogP contribution >= 0.6 is 11.6 Å². The van der Waals surface area contributed by atoms with E-state index in [4.69, 9.17) is 11.6 Å². The largest absolute Gasteiger partial charge is 0.339 e. The number of halogens is 1. The first-order chi connectivity index (χ1) is 13.8. The number of amides is 1. The molecule has 29 heavy (non-hydrogen) atoms. The summed E-state index contributed by atoms with van der Waals surface area (Å²) in [5, 5.41) is 0.653. The summed E-state index contributed by atoms with van der Waals surface area (Å²) in [7, 11) is -3.54. The van der Waals surface area contributed by atoms with E-state index in [0.717, 1.165) is 24.0 Å². The van der Waals surface area contributed by atoms with Crippen LogP contribution in [0.5, 0.6) is 0 Å². The number of carbonyl (C=O) groups is 1. The van der Waals surface area contributed by atoms with Gasteiger partial charge in [0.25, 0.3) is 0 Å². The van der Waals surface area contributed by atoms with Gasteiger partial charge in [-0.2, -0.15) is 0 Å². The van der Waals surface area contributed by atoms with E-state index in [1.54, 1.807) is 53.5 Å². The van der Waals surface area contributed by atoms with Crippen molar-refractivity contribution in [1.29, 1.82) is 0 Å². The van der Waals surface area contributed by atoms with Crippen LogP contribution in [-0.4, -0.2) is 38.9 Å². The van der Waals surface area contributed by atoms with Crippen LogP contribution in [0.3, 0.4) is 0 Å². The highest BCUT2D eigenvalue weighted by atomic mass is 35.5. The zero-order chi connectivity index (χ0) is 20.9. The van der Waals surface area contributed by atoms with E-state index in [2.05, 4.69) is 4.72 Å². The molecule has 154 valence electrons. The van der Waals surface area contributed by atoms with E-state index >= 15 is 0 Å². The highest BCUT2D eigenvalue weighted by molar-refractivity contribution is 7.89. The second-order valence-corrected chi connectivity index (χ2v) is 9.55. The number of nitrogens with one attached hydrogen (secondary N) is 1. The fourth-order valence-corrected chi connectivity index (χ4v) is 4.55. The Hall–Kier alpha value is -2.15. The van der Waals surface area contributed by atoms with Crippen molar-refractivity contribution in [2.75, 3.05) is 19.6 Å². The first kappa shape index (κ1) is 21.6. The van der Waals surface area contributed by atoms with Crippen LogP contribution in [-0.2, 0) is 14.8 Å². The smallest absolute Gasteiger partial charge is 0.246 e. The summed E-state index contributed by atoms with van der Waals surface area (Å²) in [5.74, 6) is 0.0305. The molecule has 1 atom stereocenters. The topological polar surface area (TPSA) is 66.5 Å². The molecule has 2 aromatic rings. The number of benzene rings is 2. The Bertz CT molecular complexity index is 970. The molecule has 0 bridgehead atoms. The van der Waals surface area contributed by atoms with E-state index in [1.807, 2.05) is 19.1 Å². The van der Waals surface area contributed by atoms with Gasteiger partial charge in [-0.05, 0) is 61.6 Å². The third kappa shape index (κ3) is 6.16. The highest BCUT2D eigenvalue weighted by Crippen LogP contribution is 2.18. The molecule has 0 aliphatic carbocycles. The van der Waals surface area contributed by atoms with Crippen LogP contribution in [0.4, 0.5) is 0 Å². The number of piperidine rings is 1. The van der Waals surface area contributed by atoms with Gasteiger partial charge in [-0.25, -0.2) is 13.1 Å². The SMILES string of the molecule is Cc1ccc(S(=O)(=O)NCC2CCCN(C(=O)/C=C/c3ccc(Cl)cc3)C2)cc1. The molecule has 1 fully saturated rings. The van der Waals surface area contributed by atoms with Gasteiger partial charge in [0.05, 0.1) is 4.90 Å². The van der Waals surface area contributed by atoms with Crippen LogP contribution in [0.15, 0.2) is 59.5 Å². The summed E-state index contributed by atoms with van der Waals surface area (Å²) in [4.78, 5) is 14.6. The number of rotatable bonds is 6. The third-order valence-electron chi connectivity index (χ3n) is 5.01. The molecule has 1 aliphatic heterocycles. The summed E-state index contributed by atoms with van der Waals surface area (Å²) in [6.45, 7) is 3.46. The number of hydrogen-bond acceptors (Lipinski definition) is 3. The summed E-state index contributed by atoms with van der Waals surface area (Å²) < 4.78 is 27.6. The lowest BCUT2D eigenvalue weighted by Crippen LogP contribution is -2.43. The average Bonchev–Trinajstić information content (AvgIpc) is 2.72. The number of sulfonamides is 1. The van der Waals surface area contributed by atoms with Gasteiger partial charge < -0.3 is 4.90 Å². The molecular formula is C22H25ClN2O3S. The first-order valence-electron chi connectivity index (χ1n) is 9.62. The standard InChI is InChI=1S/C22H25ClN2O3S/c1-17-4-11-21(12-5-17)29(27,28)24-15-19-3-2-14-25(16-19)22(26)13-8-18-6-9-20(23)10-7-18/h4-13,19,24H,2-3,14-16H2,1H3/b13-8+. The molecule has 0 radical (unpaired) electrons. The van der Waals surface area contributed by atoms with Crippen molar-refractivity contribution in [2.45, 2.75) is 24.7 Å². The Balaban J connectivity index is 1.55. The fraction of sp³-hybridized carbons (Fsp3) is 0.318. The molecule has 1 unspecified atom stereocenters. The van der Waals surface area contributed by atoms with Crippen molar-refractivity contribution in [2.24, 2.45) is 5.92 Å². The second-order valence-electron chi connectivity index (χ2n) is 7.34. The Kier molecular flexibility index (Phi) is 7.11. The monoisotopic (exact) mass is 432 g/mol. The van der Waals surface area contributed by atoms with Gasteiger partial charge in [0.15, 0.2) is 0 Å². The van der Waals surface area contributed by atoms with Crippen LogP contribution in [0.1, 0.15) is 24.0 Å². The highest BCUT2D eigenvalue weighted by Gasteiger charge is 2.24. The van der Waals surface area contributed by atoms with Gasteiger partial charge >= 0.3 is 0 Å². The molecule has 3 rings (SSSR count). The van der Waals surface area contributed by atoms with Gasteiger partial charge in [-0.3, -0.25) is 4.79 Å². The number of likely N-dealkylation sites (tertiary alicyclic amines) is 1. The van der Waals surface area contributed by atoms with Crippen molar-refractivity contribution in [3.63, 3.8) is 0 Å². The Labute approximate surface area is 177 Å². The van der Waals surface area contributed by atoms with E-state index < -0.39 is 10.0 Å². The van der Waals surface area contributed by atoms with Crippen molar-refractivity contribution >= 4 is 33.6 Å². The van der Waals surface area contributed by atoms with Crippen LogP contribution in [0.2, 0.25) is 5.02 Å². The third-order valence-corrected chi connectivity index (χ3v) is 6.70. The Morgan fingerprint density at radius 1 is 1.17 bits per heavy atom. The lowest BCUT2D eigenvalue weighted by Gasteiger charge is -2.32. The van der Waals surface area contributed by atoms with Gasteiger partial charge in [0, 0.05) is 30.7 Å². The predicted octanol–water partition coefficient (Wildman–Crippen LogP) is 3.88. The van der Waals surface area contributed by atoms with Crippen molar-refractivity contribution in [3.8, 4) is 0 Å².